The summed E-state index contributed by atoms with van der Waals surface area (Å²) in [5.74, 6) is -0.172. The zero-order chi connectivity index (χ0) is 12.8. The first-order chi connectivity index (χ1) is 8.59. The summed E-state index contributed by atoms with van der Waals surface area (Å²) < 4.78 is 13.0. The highest BCUT2D eigenvalue weighted by Gasteiger charge is 2.35. The highest BCUT2D eigenvalue weighted by atomic mass is 28.3. The maximum Gasteiger partial charge on any atom is 0.123 e. The molecule has 0 amide bonds. The van der Waals surface area contributed by atoms with Crippen LogP contribution in [0.2, 0.25) is 13.1 Å². The van der Waals surface area contributed by atoms with Gasteiger partial charge in [0.05, 0.1) is 0 Å². The number of hydrogen-bond donors (Lipinski definition) is 0. The zero-order valence-electron chi connectivity index (χ0n) is 10.6. The fourth-order valence-electron chi connectivity index (χ4n) is 2.75. The molecule has 3 rings (SSSR count). The molecule has 90 valence electrons. The number of benzene rings is 2. The van der Waals surface area contributed by atoms with Gasteiger partial charge in [-0.15, -0.1) is 0 Å². The van der Waals surface area contributed by atoms with Gasteiger partial charge in [0.2, 0.25) is 0 Å². The molecule has 0 bridgehead atoms. The lowest BCUT2D eigenvalue weighted by atomic mass is 10.1. The molecular weight excluding hydrogens is 239 g/mol. The Morgan fingerprint density at radius 2 is 1.56 bits per heavy atom. The SMILES string of the molecule is C[Si]1(C)C(c2ccc(F)cc2)=Cc2ccccc21. The minimum Gasteiger partial charge on any atom is -0.207 e. The number of fused-ring (bicyclic) bond motifs is 1. The van der Waals surface area contributed by atoms with Crippen molar-refractivity contribution in [3.8, 4) is 0 Å². The Morgan fingerprint density at radius 1 is 0.889 bits per heavy atom. The molecule has 0 nitrogen and oxygen atoms in total. The molecule has 2 aromatic rings. The van der Waals surface area contributed by atoms with E-state index in [1.807, 2.05) is 12.1 Å². The predicted octanol–water partition coefficient (Wildman–Crippen LogP) is 3.83. The third-order valence-corrected chi connectivity index (χ3v) is 7.34. The van der Waals surface area contributed by atoms with Gasteiger partial charge in [0, 0.05) is 0 Å². The molecule has 0 unspecified atom stereocenters. The minimum absolute atomic E-state index is 0.172. The summed E-state index contributed by atoms with van der Waals surface area (Å²) in [6.45, 7) is 4.71. The van der Waals surface area contributed by atoms with Crippen LogP contribution in [0.3, 0.4) is 0 Å². The smallest absolute Gasteiger partial charge is 0.123 e. The van der Waals surface area contributed by atoms with Gasteiger partial charge in [0.25, 0.3) is 0 Å². The average Bonchev–Trinajstić information content (AvgIpc) is 2.63. The van der Waals surface area contributed by atoms with E-state index in [-0.39, 0.29) is 5.82 Å². The Kier molecular flexibility index (Phi) is 2.49. The third kappa shape index (κ3) is 1.65. The molecule has 18 heavy (non-hydrogen) atoms. The molecule has 0 saturated heterocycles. The predicted molar refractivity (Wildman–Crippen MR) is 77.8 cm³/mol. The Bertz CT molecular complexity index is 624. The van der Waals surface area contributed by atoms with E-state index in [0.717, 1.165) is 5.56 Å². The van der Waals surface area contributed by atoms with Crippen molar-refractivity contribution in [2.75, 3.05) is 0 Å². The van der Waals surface area contributed by atoms with E-state index in [1.165, 1.54) is 15.9 Å². The van der Waals surface area contributed by atoms with Gasteiger partial charge in [0.1, 0.15) is 13.9 Å². The van der Waals surface area contributed by atoms with Gasteiger partial charge in [-0.05, 0) is 33.6 Å². The van der Waals surface area contributed by atoms with Crippen molar-refractivity contribution >= 4 is 24.5 Å². The van der Waals surface area contributed by atoms with Crippen molar-refractivity contribution in [3.63, 3.8) is 0 Å². The highest BCUT2D eigenvalue weighted by Crippen LogP contribution is 2.33. The average molecular weight is 254 g/mol. The van der Waals surface area contributed by atoms with Crippen LogP contribution in [0.5, 0.6) is 0 Å². The normalized spacial score (nSPS) is 16.3. The van der Waals surface area contributed by atoms with Crippen LogP contribution in [0.25, 0.3) is 11.3 Å². The van der Waals surface area contributed by atoms with Gasteiger partial charge in [-0.1, -0.05) is 55.6 Å². The van der Waals surface area contributed by atoms with Gasteiger partial charge >= 0.3 is 0 Å². The van der Waals surface area contributed by atoms with Crippen molar-refractivity contribution in [1.82, 2.24) is 0 Å². The van der Waals surface area contributed by atoms with Crippen LogP contribution in [-0.2, 0) is 0 Å². The second-order valence-corrected chi connectivity index (χ2v) is 9.60. The highest BCUT2D eigenvalue weighted by molar-refractivity contribution is 7.07. The molecule has 0 aromatic heterocycles. The minimum atomic E-state index is -1.61. The summed E-state index contributed by atoms with van der Waals surface area (Å²) in [6, 6.07) is 15.5. The topological polar surface area (TPSA) is 0 Å². The number of rotatable bonds is 1. The summed E-state index contributed by atoms with van der Waals surface area (Å²) in [5.41, 5.74) is 2.48. The lowest BCUT2D eigenvalue weighted by Gasteiger charge is -2.22. The van der Waals surface area contributed by atoms with Gasteiger partial charge in [-0.25, -0.2) is 4.39 Å². The van der Waals surface area contributed by atoms with Crippen molar-refractivity contribution in [2.24, 2.45) is 0 Å². The van der Waals surface area contributed by atoms with Crippen LogP contribution in [-0.4, -0.2) is 8.07 Å². The van der Waals surface area contributed by atoms with E-state index in [9.17, 15) is 4.39 Å². The van der Waals surface area contributed by atoms with Crippen molar-refractivity contribution in [3.05, 3.63) is 65.5 Å². The Labute approximate surface area is 108 Å². The molecule has 0 aliphatic carbocycles. The fourth-order valence-corrected chi connectivity index (χ4v) is 5.83. The summed E-state index contributed by atoms with van der Waals surface area (Å²) in [5, 5.41) is 2.87. The fraction of sp³-hybridized carbons (Fsp3) is 0.125. The maximum atomic E-state index is 13.0. The first-order valence-corrected chi connectivity index (χ1v) is 9.17. The van der Waals surface area contributed by atoms with Gasteiger partial charge in [-0.3, -0.25) is 0 Å². The molecule has 0 N–H and O–H groups in total. The maximum absolute atomic E-state index is 13.0. The van der Waals surface area contributed by atoms with Crippen molar-refractivity contribution in [1.29, 1.82) is 0 Å². The molecule has 2 aromatic carbocycles. The lowest BCUT2D eigenvalue weighted by Crippen LogP contribution is -2.40. The zero-order valence-corrected chi connectivity index (χ0v) is 11.6. The van der Waals surface area contributed by atoms with Crippen LogP contribution >= 0.6 is 0 Å². The molecular formula is C16H15FSi. The lowest BCUT2D eigenvalue weighted by molar-refractivity contribution is 0.627. The molecule has 0 fully saturated rings. The molecule has 1 aliphatic rings. The first kappa shape index (κ1) is 11.4. The van der Waals surface area contributed by atoms with Gasteiger partial charge in [-0.2, -0.15) is 0 Å². The first-order valence-electron chi connectivity index (χ1n) is 6.17. The largest absolute Gasteiger partial charge is 0.207 e. The Morgan fingerprint density at radius 3 is 2.22 bits per heavy atom. The Balaban J connectivity index is 2.13. The van der Waals surface area contributed by atoms with E-state index in [2.05, 4.69) is 43.4 Å². The van der Waals surface area contributed by atoms with Crippen LogP contribution in [0.1, 0.15) is 11.1 Å². The van der Waals surface area contributed by atoms with Crippen LogP contribution in [0, 0.1) is 5.82 Å². The van der Waals surface area contributed by atoms with Crippen molar-refractivity contribution in [2.45, 2.75) is 13.1 Å². The quantitative estimate of drug-likeness (QED) is 0.678. The second kappa shape index (κ2) is 3.92. The van der Waals surface area contributed by atoms with E-state index < -0.39 is 8.07 Å². The summed E-state index contributed by atoms with van der Waals surface area (Å²) in [6.07, 6.45) is 2.27. The second-order valence-electron chi connectivity index (χ2n) is 5.28. The van der Waals surface area contributed by atoms with E-state index in [4.69, 9.17) is 0 Å². The molecule has 2 heteroatoms. The molecule has 0 atom stereocenters. The van der Waals surface area contributed by atoms with Crippen molar-refractivity contribution < 1.29 is 4.39 Å². The van der Waals surface area contributed by atoms with E-state index in [0.29, 0.717) is 0 Å². The molecule has 0 saturated carbocycles. The summed E-state index contributed by atoms with van der Waals surface area (Å²) in [4.78, 5) is 0. The number of hydrogen-bond acceptors (Lipinski definition) is 0. The Hall–Kier alpha value is -1.67. The van der Waals surface area contributed by atoms with Crippen LogP contribution in [0.4, 0.5) is 4.39 Å². The summed E-state index contributed by atoms with van der Waals surface area (Å²) in [7, 11) is -1.61. The molecule has 0 spiro atoms. The van der Waals surface area contributed by atoms with Crippen LogP contribution in [0.15, 0.2) is 48.5 Å². The van der Waals surface area contributed by atoms with E-state index in [1.54, 1.807) is 12.1 Å². The van der Waals surface area contributed by atoms with Gasteiger partial charge < -0.3 is 0 Å². The number of halogens is 1. The molecule has 0 radical (unpaired) electrons. The molecule has 1 aliphatic heterocycles. The summed E-state index contributed by atoms with van der Waals surface area (Å²) >= 11 is 0. The third-order valence-electron chi connectivity index (χ3n) is 3.76. The van der Waals surface area contributed by atoms with Gasteiger partial charge in [0.15, 0.2) is 0 Å². The monoisotopic (exact) mass is 254 g/mol. The van der Waals surface area contributed by atoms with E-state index >= 15 is 0 Å². The standard InChI is InChI=1S/C16H15FSi/c1-18(2)15-6-4-3-5-13(15)11-16(18)12-7-9-14(17)10-8-12/h3-11H,1-2H3. The van der Waals surface area contributed by atoms with Crippen LogP contribution < -0.4 is 5.19 Å². The molecule has 1 heterocycles.